The molecule has 0 saturated heterocycles. The normalized spacial score (nSPS) is 10.7. The van der Waals surface area contributed by atoms with Gasteiger partial charge in [0.1, 0.15) is 39.1 Å². The number of aromatic nitrogens is 3. The van der Waals surface area contributed by atoms with Gasteiger partial charge in [-0.3, -0.25) is 25.7 Å². The van der Waals surface area contributed by atoms with Crippen molar-refractivity contribution in [1.82, 2.24) is 15.0 Å². The number of aryl methyl sites for hydroxylation is 1. The molecule has 2 aromatic carbocycles. The number of hydrogen-bond donors (Lipinski definition) is 7. The number of aromatic hydroxyl groups is 1. The minimum absolute atomic E-state index is 0.0513. The fourth-order valence-corrected chi connectivity index (χ4v) is 8.72. The minimum atomic E-state index is -0.0513. The Morgan fingerprint density at radius 3 is 1.91 bits per heavy atom. The average molecular weight is 858 g/mol. The number of nitrogens with one attached hydrogen (secondary N) is 4. The van der Waals surface area contributed by atoms with Gasteiger partial charge in [-0.25, -0.2) is 0 Å². The summed E-state index contributed by atoms with van der Waals surface area (Å²) in [5, 5.41) is 41.3. The summed E-state index contributed by atoms with van der Waals surface area (Å²) >= 11 is 10.9. The first-order valence-electron chi connectivity index (χ1n) is 18.7. The number of thiophene rings is 2. The van der Waals surface area contributed by atoms with Crippen LogP contribution in [-0.4, -0.2) is 66.6 Å². The van der Waals surface area contributed by atoms with Gasteiger partial charge >= 0.3 is 0 Å². The molecule has 0 aliphatic heterocycles. The van der Waals surface area contributed by atoms with Gasteiger partial charge in [-0.15, -0.1) is 36.6 Å². The van der Waals surface area contributed by atoms with Crippen LogP contribution in [0.3, 0.4) is 0 Å². The van der Waals surface area contributed by atoms with E-state index in [4.69, 9.17) is 15.0 Å². The van der Waals surface area contributed by atoms with Crippen LogP contribution >= 0.6 is 47.9 Å². The Hall–Kier alpha value is -5.60. The molecule has 5 N–H and O–H groups in total. The Morgan fingerprint density at radius 1 is 0.759 bits per heavy atom. The molecule has 0 saturated carbocycles. The highest BCUT2D eigenvalue weighted by Gasteiger charge is 2.22. The maximum absolute atomic E-state index is 11.7. The standard InChI is InChI=1S/C39H47N13O2S4/c1-8-13-32-44-38(42-28-18-23(51(9-2)10-3)14-16-27(28)47-50(7)36-26(21-41)33(55)31(22-53)57-36)46-39(45-32)43-29-19-24(52(11-4)12-5)15-17-30(29)49(6)48-35-25(20-40)34(56)37(54)58-35/h14-19,22,47-48,54-56H,8-13H2,1-7H3,(H2,42,43,44,45,46). The van der Waals surface area contributed by atoms with Crippen molar-refractivity contribution in [1.29, 1.82) is 10.5 Å². The van der Waals surface area contributed by atoms with Crippen LogP contribution < -0.4 is 41.3 Å². The molecule has 0 atom stereocenters. The topological polar surface area (TPSA) is 185 Å². The van der Waals surface area contributed by atoms with Crippen molar-refractivity contribution in [3.8, 4) is 17.2 Å². The van der Waals surface area contributed by atoms with Crippen LogP contribution in [-0.2, 0) is 6.42 Å². The van der Waals surface area contributed by atoms with Crippen molar-refractivity contribution in [2.24, 2.45) is 0 Å². The molecule has 0 fully saturated rings. The summed E-state index contributed by atoms with van der Waals surface area (Å²) in [6.07, 6.45) is 2.10. The molecule has 0 aliphatic carbocycles. The Bertz CT molecular complexity index is 2330. The van der Waals surface area contributed by atoms with Crippen LogP contribution in [0, 0.1) is 22.7 Å². The van der Waals surface area contributed by atoms with E-state index in [1.165, 1.54) is 11.3 Å². The van der Waals surface area contributed by atoms with Crippen LogP contribution in [0.1, 0.15) is 67.7 Å². The van der Waals surface area contributed by atoms with Gasteiger partial charge in [-0.05, 0) is 70.5 Å². The second kappa shape index (κ2) is 19.7. The van der Waals surface area contributed by atoms with Crippen molar-refractivity contribution in [2.45, 2.75) is 57.3 Å². The van der Waals surface area contributed by atoms with Crippen molar-refractivity contribution in [2.75, 3.05) is 81.6 Å². The predicted molar refractivity (Wildman–Crippen MR) is 244 cm³/mol. The lowest BCUT2D eigenvalue weighted by Crippen LogP contribution is -2.26. The van der Waals surface area contributed by atoms with E-state index in [-0.39, 0.29) is 15.5 Å². The SMILES string of the molecule is CCCc1nc(Nc2cc(N(CC)CC)ccc2NN(C)c2sc(C=O)c(S)c2C#N)nc(Nc2cc(N(CC)CC)ccc2N(C)Nc2sc(O)c(S)c2C#N)n1. The van der Waals surface area contributed by atoms with Crippen LogP contribution in [0.2, 0.25) is 0 Å². The number of nitrogens with zero attached hydrogens (tertiary/aromatic N) is 9. The fraction of sp³-hybridized carbons (Fsp3) is 0.333. The zero-order valence-electron chi connectivity index (χ0n) is 33.4. The van der Waals surface area contributed by atoms with E-state index in [2.05, 4.69) is 103 Å². The summed E-state index contributed by atoms with van der Waals surface area (Å²) in [5.41, 5.74) is 11.9. The molecule has 0 unspecified atom stereocenters. The smallest absolute Gasteiger partial charge is 0.232 e. The summed E-state index contributed by atoms with van der Waals surface area (Å²) in [4.78, 5) is 31.6. The number of aldehydes is 1. The molecular weight excluding hydrogens is 811 g/mol. The zero-order valence-corrected chi connectivity index (χ0v) is 36.8. The van der Waals surface area contributed by atoms with Crippen LogP contribution in [0.25, 0.3) is 0 Å². The third-order valence-corrected chi connectivity index (χ3v) is 12.5. The lowest BCUT2D eigenvalue weighted by molar-refractivity contribution is 0.112. The monoisotopic (exact) mass is 857 g/mol. The van der Waals surface area contributed by atoms with Gasteiger partial charge in [0, 0.05) is 63.0 Å². The molecule has 58 heavy (non-hydrogen) atoms. The number of thiol groups is 2. The van der Waals surface area contributed by atoms with E-state index < -0.39 is 0 Å². The summed E-state index contributed by atoms with van der Waals surface area (Å²) < 4.78 is 0. The predicted octanol–water partition coefficient (Wildman–Crippen LogP) is 8.89. The summed E-state index contributed by atoms with van der Waals surface area (Å²) in [7, 11) is 3.59. The molecule has 19 heteroatoms. The number of anilines is 10. The highest BCUT2D eigenvalue weighted by molar-refractivity contribution is 7.81. The van der Waals surface area contributed by atoms with Crippen LogP contribution in [0.15, 0.2) is 46.2 Å². The first-order chi connectivity index (χ1) is 27.9. The summed E-state index contributed by atoms with van der Waals surface area (Å²) in [6.45, 7) is 13.6. The number of benzene rings is 2. The molecule has 3 aromatic heterocycles. The quantitative estimate of drug-likeness (QED) is 0.0237. The Labute approximate surface area is 358 Å². The maximum Gasteiger partial charge on any atom is 0.232 e. The van der Waals surface area contributed by atoms with Gasteiger partial charge in [0.15, 0.2) is 11.3 Å². The van der Waals surface area contributed by atoms with E-state index in [1.54, 1.807) is 17.1 Å². The van der Waals surface area contributed by atoms with E-state index in [0.29, 0.717) is 78.5 Å². The second-order valence-corrected chi connectivity index (χ2v) is 15.7. The van der Waals surface area contributed by atoms with Crippen molar-refractivity contribution >= 4 is 110 Å². The molecule has 0 aliphatic rings. The molecule has 0 radical (unpaired) electrons. The second-order valence-electron chi connectivity index (χ2n) is 12.8. The highest BCUT2D eigenvalue weighted by atomic mass is 32.1. The molecule has 304 valence electrons. The number of hydrogen-bond acceptors (Lipinski definition) is 19. The van der Waals surface area contributed by atoms with E-state index in [0.717, 1.165) is 55.3 Å². The van der Waals surface area contributed by atoms with Gasteiger partial charge in [0.25, 0.3) is 0 Å². The minimum Gasteiger partial charge on any atom is -0.499 e. The number of hydrazine groups is 2. The number of rotatable bonds is 19. The Morgan fingerprint density at radius 2 is 1.34 bits per heavy atom. The average Bonchev–Trinajstić information content (AvgIpc) is 3.68. The molecule has 15 nitrogen and oxygen atoms in total. The van der Waals surface area contributed by atoms with Crippen molar-refractivity contribution < 1.29 is 9.90 Å². The first kappa shape index (κ1) is 43.5. The van der Waals surface area contributed by atoms with Crippen molar-refractivity contribution in [3.05, 3.63) is 58.2 Å². The van der Waals surface area contributed by atoms with Gasteiger partial charge in [-0.1, -0.05) is 18.3 Å². The van der Waals surface area contributed by atoms with Gasteiger partial charge in [0.2, 0.25) is 11.9 Å². The van der Waals surface area contributed by atoms with E-state index in [9.17, 15) is 20.4 Å². The molecule has 0 spiro atoms. The Balaban J connectivity index is 1.56. The molecule has 3 heterocycles. The molecule has 5 aromatic rings. The Kier molecular flexibility index (Phi) is 14.8. The zero-order chi connectivity index (χ0) is 42.1. The largest absolute Gasteiger partial charge is 0.499 e. The van der Waals surface area contributed by atoms with Crippen LogP contribution in [0.4, 0.5) is 56.0 Å². The molecule has 5 rings (SSSR count). The molecule has 0 bridgehead atoms. The van der Waals surface area contributed by atoms with E-state index in [1.807, 2.05) is 43.4 Å². The maximum atomic E-state index is 11.7. The third kappa shape index (κ3) is 9.56. The third-order valence-electron chi connectivity index (χ3n) is 9.20. The van der Waals surface area contributed by atoms with Gasteiger partial charge in [-0.2, -0.15) is 25.5 Å². The van der Waals surface area contributed by atoms with Crippen molar-refractivity contribution in [3.63, 3.8) is 0 Å². The van der Waals surface area contributed by atoms with Gasteiger partial charge < -0.3 is 25.5 Å². The summed E-state index contributed by atoms with van der Waals surface area (Å²) in [6, 6.07) is 16.3. The number of nitriles is 2. The lowest BCUT2D eigenvalue weighted by Gasteiger charge is -2.27. The molecular formula is C39H47N13O2S4. The summed E-state index contributed by atoms with van der Waals surface area (Å²) in [5.74, 6) is 1.19. The van der Waals surface area contributed by atoms with E-state index >= 15 is 0 Å². The highest BCUT2D eigenvalue weighted by Crippen LogP contribution is 2.42. The number of carbonyl (C=O) groups excluding carboxylic acids is 1. The first-order valence-corrected chi connectivity index (χ1v) is 21.2. The van der Waals surface area contributed by atoms with Crippen LogP contribution in [0.5, 0.6) is 5.06 Å². The number of carbonyl (C=O) groups is 1. The van der Waals surface area contributed by atoms with Gasteiger partial charge in [0.05, 0.1) is 32.5 Å². The fourth-order valence-electron chi connectivity index (χ4n) is 6.21. The lowest BCUT2D eigenvalue weighted by atomic mass is 10.2. The molecule has 0 amide bonds.